The second kappa shape index (κ2) is 12.4. The summed E-state index contributed by atoms with van der Waals surface area (Å²) in [6.45, 7) is 10.1. The fraction of sp³-hybridized carbons (Fsp3) is 0.520. The zero-order valence-electron chi connectivity index (χ0n) is 20.2. The minimum atomic E-state index is -1.40. The maximum atomic E-state index is 13.7. The number of nitrogens with one attached hydrogen (secondary N) is 2. The lowest BCUT2D eigenvalue weighted by atomic mass is 9.98. The average molecular weight is 445 g/mol. The first-order valence-electron chi connectivity index (χ1n) is 11.2. The highest BCUT2D eigenvalue weighted by Gasteiger charge is 2.22. The van der Waals surface area contributed by atoms with Crippen molar-refractivity contribution in [2.24, 2.45) is 4.99 Å². The van der Waals surface area contributed by atoms with Crippen LogP contribution in [0.15, 0.2) is 53.1 Å². The number of allylic oxidation sites excluding steroid dienone is 2. The molecule has 0 aliphatic carbocycles. The van der Waals surface area contributed by atoms with Gasteiger partial charge in [0.15, 0.2) is 0 Å². The Bertz CT molecular complexity index is 869. The summed E-state index contributed by atoms with van der Waals surface area (Å²) >= 11 is 0. The largest absolute Gasteiger partial charge is 0.492 e. The Morgan fingerprint density at radius 1 is 1.31 bits per heavy atom. The van der Waals surface area contributed by atoms with Crippen molar-refractivity contribution in [3.05, 3.63) is 59.3 Å². The molecule has 0 spiro atoms. The molecule has 0 fully saturated rings. The number of hydrogen-bond acceptors (Lipinski definition) is 6. The number of aromatic nitrogens is 1. The first kappa shape index (κ1) is 25.6. The Labute approximate surface area is 191 Å². The van der Waals surface area contributed by atoms with E-state index in [9.17, 15) is 4.39 Å². The molecule has 0 aromatic carbocycles. The van der Waals surface area contributed by atoms with Gasteiger partial charge in [-0.2, -0.15) is 0 Å². The van der Waals surface area contributed by atoms with Gasteiger partial charge >= 0.3 is 0 Å². The third-order valence-electron chi connectivity index (χ3n) is 4.76. The molecule has 6 nitrogen and oxygen atoms in total. The van der Waals surface area contributed by atoms with Crippen LogP contribution in [0.3, 0.4) is 0 Å². The zero-order chi connectivity index (χ0) is 23.6. The van der Waals surface area contributed by atoms with Gasteiger partial charge in [0.05, 0.1) is 12.6 Å². The van der Waals surface area contributed by atoms with Crippen molar-refractivity contribution < 1.29 is 13.9 Å². The Morgan fingerprint density at radius 3 is 2.72 bits per heavy atom. The lowest BCUT2D eigenvalue weighted by Crippen LogP contribution is -2.33. The van der Waals surface area contributed by atoms with Crippen molar-refractivity contribution in [1.82, 2.24) is 15.6 Å². The second-order valence-electron chi connectivity index (χ2n) is 8.33. The van der Waals surface area contributed by atoms with Crippen molar-refractivity contribution in [2.75, 3.05) is 20.3 Å². The topological polar surface area (TPSA) is 67.8 Å². The lowest BCUT2D eigenvalue weighted by Gasteiger charge is -2.23. The summed E-state index contributed by atoms with van der Waals surface area (Å²) in [6.07, 6.45) is 11.6. The predicted octanol–water partition coefficient (Wildman–Crippen LogP) is 4.77. The Kier molecular flexibility index (Phi) is 9.91. The molecular weight excluding hydrogens is 407 g/mol. The summed E-state index contributed by atoms with van der Waals surface area (Å²) in [5, 5.41) is 6.69. The third kappa shape index (κ3) is 7.79. The molecule has 0 amide bonds. The van der Waals surface area contributed by atoms with E-state index >= 15 is 0 Å². The predicted molar refractivity (Wildman–Crippen MR) is 129 cm³/mol. The monoisotopic (exact) mass is 444 g/mol. The fourth-order valence-corrected chi connectivity index (χ4v) is 3.19. The van der Waals surface area contributed by atoms with E-state index in [0.717, 1.165) is 41.0 Å². The maximum absolute atomic E-state index is 13.7. The number of rotatable bonds is 12. The summed E-state index contributed by atoms with van der Waals surface area (Å²) in [4.78, 5) is 8.96. The highest BCUT2D eigenvalue weighted by molar-refractivity contribution is 6.13. The van der Waals surface area contributed by atoms with Crippen molar-refractivity contribution in [3.8, 4) is 5.88 Å². The molecule has 0 saturated heterocycles. The van der Waals surface area contributed by atoms with Gasteiger partial charge in [0.2, 0.25) is 5.88 Å². The van der Waals surface area contributed by atoms with Crippen LogP contribution in [0.25, 0.3) is 0 Å². The number of nitrogens with zero attached hydrogens (tertiary/aromatic N) is 2. The highest BCUT2D eigenvalue weighted by Crippen LogP contribution is 2.21. The molecule has 0 saturated carbocycles. The van der Waals surface area contributed by atoms with Crippen LogP contribution in [0.2, 0.25) is 0 Å². The maximum Gasteiger partial charge on any atom is 0.216 e. The first-order chi connectivity index (χ1) is 15.3. The van der Waals surface area contributed by atoms with Gasteiger partial charge in [-0.3, -0.25) is 4.99 Å². The van der Waals surface area contributed by atoms with Crippen molar-refractivity contribution in [1.29, 1.82) is 0 Å². The molecule has 7 heteroatoms. The number of aryl methyl sites for hydroxylation is 1. The van der Waals surface area contributed by atoms with Crippen LogP contribution in [0.5, 0.6) is 5.88 Å². The Balaban J connectivity index is 2.14. The van der Waals surface area contributed by atoms with Gasteiger partial charge in [0, 0.05) is 36.3 Å². The van der Waals surface area contributed by atoms with Gasteiger partial charge in [-0.1, -0.05) is 13.3 Å². The van der Waals surface area contributed by atoms with E-state index in [-0.39, 0.29) is 12.6 Å². The number of halogens is 1. The number of aliphatic imine (C=N–C) groups is 1. The molecule has 32 heavy (non-hydrogen) atoms. The van der Waals surface area contributed by atoms with Gasteiger partial charge in [0.25, 0.3) is 0 Å². The minimum Gasteiger partial charge on any atom is -0.492 e. The zero-order valence-corrected chi connectivity index (χ0v) is 20.2. The number of alkyl halides is 1. The van der Waals surface area contributed by atoms with Gasteiger partial charge in [-0.05, 0) is 64.9 Å². The van der Waals surface area contributed by atoms with Crippen LogP contribution in [-0.2, 0) is 11.3 Å². The third-order valence-corrected chi connectivity index (χ3v) is 4.76. The van der Waals surface area contributed by atoms with E-state index in [4.69, 9.17) is 9.47 Å². The van der Waals surface area contributed by atoms with E-state index in [1.165, 1.54) is 13.8 Å². The molecule has 1 unspecified atom stereocenters. The summed E-state index contributed by atoms with van der Waals surface area (Å²) in [5.41, 5.74) is 2.33. The molecule has 0 radical (unpaired) electrons. The Hall–Kier alpha value is -2.67. The SMILES string of the molecule is CCC/C=C(/OCC)C1=NC=CC(NC)/C1=C\NCc1cnc(OCC(C)(C)F)c(C)c1. The van der Waals surface area contributed by atoms with Crippen LogP contribution in [-0.4, -0.2) is 42.7 Å². The smallest absolute Gasteiger partial charge is 0.216 e. The van der Waals surface area contributed by atoms with Gasteiger partial charge in [-0.15, -0.1) is 0 Å². The molecule has 1 aromatic heterocycles. The van der Waals surface area contributed by atoms with Gasteiger partial charge in [0.1, 0.15) is 23.7 Å². The second-order valence-corrected chi connectivity index (χ2v) is 8.33. The molecule has 1 aliphatic heterocycles. The normalized spacial score (nSPS) is 18.0. The molecule has 176 valence electrons. The number of hydrogen-bond donors (Lipinski definition) is 2. The first-order valence-corrected chi connectivity index (χ1v) is 11.2. The number of unbranched alkanes of at least 4 members (excludes halogenated alkanes) is 1. The van der Waals surface area contributed by atoms with E-state index in [1.54, 1.807) is 6.20 Å². The van der Waals surface area contributed by atoms with E-state index < -0.39 is 5.67 Å². The molecule has 2 N–H and O–H groups in total. The van der Waals surface area contributed by atoms with E-state index in [1.807, 2.05) is 45.4 Å². The van der Waals surface area contributed by atoms with Crippen LogP contribution in [0, 0.1) is 6.92 Å². The Morgan fingerprint density at radius 2 is 2.09 bits per heavy atom. The highest BCUT2D eigenvalue weighted by atomic mass is 19.1. The van der Waals surface area contributed by atoms with Gasteiger partial charge in [-0.25, -0.2) is 9.37 Å². The van der Waals surface area contributed by atoms with Crippen LogP contribution >= 0.6 is 0 Å². The average Bonchev–Trinajstić information content (AvgIpc) is 2.75. The lowest BCUT2D eigenvalue weighted by molar-refractivity contribution is 0.117. The summed E-state index contributed by atoms with van der Waals surface area (Å²) in [5.74, 6) is 1.27. The molecule has 1 aliphatic rings. The molecule has 0 bridgehead atoms. The molecule has 2 rings (SSSR count). The molecule has 1 aromatic rings. The van der Waals surface area contributed by atoms with E-state index in [0.29, 0.717) is 19.0 Å². The quantitative estimate of drug-likeness (QED) is 0.455. The number of pyridine rings is 1. The summed E-state index contributed by atoms with van der Waals surface area (Å²) in [6, 6.07) is 2.03. The number of likely N-dealkylation sites (N-methyl/N-ethyl adjacent to an activating group) is 1. The molecular formula is C25H37FN4O2. The molecule has 1 atom stereocenters. The van der Waals surface area contributed by atoms with E-state index in [2.05, 4.69) is 33.6 Å². The van der Waals surface area contributed by atoms with Crippen LogP contribution in [0.1, 0.15) is 51.7 Å². The molecule has 2 heterocycles. The standard InChI is InChI=1S/C25H37FN4O2/c1-7-9-10-22(31-8-2)23-20(21(27-6)11-12-29-23)16-28-14-19-13-18(3)24(30-15-19)32-17-25(4,5)26/h10-13,15-16,21,27-28H,7-9,14,17H2,1-6H3/b20-16+,22-10+. The summed E-state index contributed by atoms with van der Waals surface area (Å²) in [7, 11) is 1.92. The van der Waals surface area contributed by atoms with Crippen molar-refractivity contribution >= 4 is 5.71 Å². The van der Waals surface area contributed by atoms with Crippen LogP contribution < -0.4 is 15.4 Å². The van der Waals surface area contributed by atoms with Gasteiger partial charge < -0.3 is 20.1 Å². The summed E-state index contributed by atoms with van der Waals surface area (Å²) < 4.78 is 25.1. The van der Waals surface area contributed by atoms with Crippen molar-refractivity contribution in [3.63, 3.8) is 0 Å². The van der Waals surface area contributed by atoms with Crippen molar-refractivity contribution in [2.45, 2.75) is 65.7 Å². The fourth-order valence-electron chi connectivity index (χ4n) is 3.19. The van der Waals surface area contributed by atoms with Crippen LogP contribution in [0.4, 0.5) is 4.39 Å². The number of ether oxygens (including phenoxy) is 2. The minimum absolute atomic E-state index is 0.0279.